The highest BCUT2D eigenvalue weighted by Crippen LogP contribution is 2.30. The van der Waals surface area contributed by atoms with Crippen LogP contribution in [0.3, 0.4) is 0 Å². The van der Waals surface area contributed by atoms with Crippen LogP contribution in [-0.4, -0.2) is 22.5 Å². The van der Waals surface area contributed by atoms with Gasteiger partial charge in [-0.25, -0.2) is 4.98 Å². The molecule has 6 heteroatoms. The molecule has 20 heavy (non-hydrogen) atoms. The van der Waals surface area contributed by atoms with Crippen LogP contribution < -0.4 is 11.3 Å². The normalized spacial score (nSPS) is 16.1. The van der Waals surface area contributed by atoms with E-state index in [1.54, 1.807) is 6.92 Å². The summed E-state index contributed by atoms with van der Waals surface area (Å²) in [4.78, 5) is 30.6. The molecule has 110 valence electrons. The molecule has 1 saturated carbocycles. The number of ether oxygens (including phenoxy) is 1. The molecular formula is C14H21N3O3. The second-order valence-corrected chi connectivity index (χ2v) is 5.13. The van der Waals surface area contributed by atoms with E-state index in [9.17, 15) is 9.59 Å². The summed E-state index contributed by atoms with van der Waals surface area (Å²) in [5.41, 5.74) is 5.70. The van der Waals surface area contributed by atoms with Crippen molar-refractivity contribution in [2.24, 2.45) is 0 Å². The zero-order valence-corrected chi connectivity index (χ0v) is 11.8. The fraction of sp³-hybridized carbons (Fsp3) is 0.643. The first-order valence-electron chi connectivity index (χ1n) is 7.16. The summed E-state index contributed by atoms with van der Waals surface area (Å²) in [5.74, 6) is 0.606. The van der Waals surface area contributed by atoms with Crippen LogP contribution in [0.2, 0.25) is 0 Å². The third-order valence-corrected chi connectivity index (χ3v) is 3.68. The average Bonchev–Trinajstić information content (AvgIpc) is 2.44. The first-order chi connectivity index (χ1) is 9.61. The predicted octanol–water partition coefficient (Wildman–Crippen LogP) is 1.51. The maximum absolute atomic E-state index is 12.1. The van der Waals surface area contributed by atoms with Gasteiger partial charge in [-0.3, -0.25) is 9.59 Å². The summed E-state index contributed by atoms with van der Waals surface area (Å²) in [7, 11) is 0. The molecule has 1 aliphatic carbocycles. The highest BCUT2D eigenvalue weighted by molar-refractivity contribution is 5.74. The summed E-state index contributed by atoms with van der Waals surface area (Å²) in [5, 5.41) is 0. The Hall–Kier alpha value is -1.85. The molecule has 0 spiro atoms. The maximum atomic E-state index is 12.1. The van der Waals surface area contributed by atoms with Crippen molar-refractivity contribution < 1.29 is 9.53 Å². The number of rotatable bonds is 4. The van der Waals surface area contributed by atoms with Gasteiger partial charge < -0.3 is 15.5 Å². The molecule has 0 bridgehead atoms. The number of aromatic nitrogens is 2. The zero-order valence-electron chi connectivity index (χ0n) is 11.8. The first-order valence-corrected chi connectivity index (χ1v) is 7.16. The molecule has 1 fully saturated rings. The minimum atomic E-state index is -0.461. The van der Waals surface area contributed by atoms with Gasteiger partial charge in [-0.15, -0.1) is 0 Å². The summed E-state index contributed by atoms with van der Waals surface area (Å²) in [6, 6.07) is 0. The highest BCUT2D eigenvalue weighted by atomic mass is 16.5. The molecule has 0 aromatic carbocycles. The van der Waals surface area contributed by atoms with E-state index in [0.717, 1.165) is 25.7 Å². The Bertz CT molecular complexity index is 533. The van der Waals surface area contributed by atoms with Crippen LogP contribution in [0.25, 0.3) is 0 Å². The molecule has 1 aromatic heterocycles. The third-order valence-electron chi connectivity index (χ3n) is 3.68. The van der Waals surface area contributed by atoms with E-state index < -0.39 is 5.97 Å². The quantitative estimate of drug-likeness (QED) is 0.814. The lowest BCUT2D eigenvalue weighted by atomic mass is 9.88. The minimum Gasteiger partial charge on any atom is -0.466 e. The molecule has 0 radical (unpaired) electrons. The molecule has 2 rings (SSSR count). The molecule has 0 unspecified atom stereocenters. The van der Waals surface area contributed by atoms with Crippen molar-refractivity contribution in [3.8, 4) is 0 Å². The number of hydrogen-bond donors (Lipinski definition) is 2. The monoisotopic (exact) mass is 279 g/mol. The van der Waals surface area contributed by atoms with Gasteiger partial charge in [0.05, 0.1) is 18.6 Å². The van der Waals surface area contributed by atoms with Crippen molar-refractivity contribution in [2.75, 3.05) is 12.3 Å². The highest BCUT2D eigenvalue weighted by Gasteiger charge is 2.20. The molecule has 1 aliphatic rings. The smallest absolute Gasteiger partial charge is 0.310 e. The lowest BCUT2D eigenvalue weighted by molar-refractivity contribution is -0.142. The molecule has 6 nitrogen and oxygen atoms in total. The van der Waals surface area contributed by atoms with Gasteiger partial charge in [0.2, 0.25) is 0 Å². The van der Waals surface area contributed by atoms with E-state index in [1.807, 2.05) is 0 Å². The number of aromatic amines is 1. The van der Waals surface area contributed by atoms with Gasteiger partial charge in [0.25, 0.3) is 5.56 Å². The largest absolute Gasteiger partial charge is 0.466 e. The summed E-state index contributed by atoms with van der Waals surface area (Å²) in [6.45, 7) is 2.00. The number of H-pyrrole nitrogens is 1. The van der Waals surface area contributed by atoms with Crippen molar-refractivity contribution in [1.82, 2.24) is 9.97 Å². The molecular weight excluding hydrogens is 258 g/mol. The van der Waals surface area contributed by atoms with Crippen molar-refractivity contribution in [3.05, 3.63) is 21.7 Å². The van der Waals surface area contributed by atoms with Gasteiger partial charge in [0.15, 0.2) is 0 Å². The van der Waals surface area contributed by atoms with E-state index in [1.165, 1.54) is 6.42 Å². The Morgan fingerprint density at radius 2 is 2.10 bits per heavy atom. The zero-order chi connectivity index (χ0) is 14.5. The average molecular weight is 279 g/mol. The van der Waals surface area contributed by atoms with Gasteiger partial charge in [-0.1, -0.05) is 19.3 Å². The Morgan fingerprint density at radius 1 is 1.40 bits per heavy atom. The van der Waals surface area contributed by atoms with Crippen molar-refractivity contribution in [2.45, 2.75) is 51.4 Å². The predicted molar refractivity (Wildman–Crippen MR) is 75.4 cm³/mol. The fourth-order valence-corrected chi connectivity index (χ4v) is 2.63. The van der Waals surface area contributed by atoms with Gasteiger partial charge >= 0.3 is 5.97 Å². The standard InChI is InChI=1S/C14H21N3O3/c1-2-20-11(18)8-10-12(15)16-13(17-14(10)19)9-6-4-3-5-7-9/h9H,2-8H2,1H3,(H3,15,16,17,19). The van der Waals surface area contributed by atoms with Crippen LogP contribution in [0, 0.1) is 0 Å². The van der Waals surface area contributed by atoms with Crippen molar-refractivity contribution in [1.29, 1.82) is 0 Å². The second-order valence-electron chi connectivity index (χ2n) is 5.13. The van der Waals surface area contributed by atoms with Gasteiger partial charge in [0.1, 0.15) is 11.6 Å². The van der Waals surface area contributed by atoms with E-state index >= 15 is 0 Å². The van der Waals surface area contributed by atoms with Crippen LogP contribution in [0.1, 0.15) is 56.3 Å². The Kier molecular flexibility index (Phi) is 4.76. The van der Waals surface area contributed by atoms with Crippen LogP contribution in [-0.2, 0) is 16.0 Å². The SMILES string of the molecule is CCOC(=O)Cc1c(N)nc(C2CCCCC2)[nH]c1=O. The molecule has 0 saturated heterocycles. The first kappa shape index (κ1) is 14.6. The van der Waals surface area contributed by atoms with E-state index in [0.29, 0.717) is 5.82 Å². The van der Waals surface area contributed by atoms with Gasteiger partial charge in [-0.2, -0.15) is 0 Å². The lowest BCUT2D eigenvalue weighted by Crippen LogP contribution is -2.24. The Morgan fingerprint density at radius 3 is 2.70 bits per heavy atom. The number of nitrogens with two attached hydrogens (primary N) is 1. The summed E-state index contributed by atoms with van der Waals surface area (Å²) < 4.78 is 4.83. The van der Waals surface area contributed by atoms with E-state index in [2.05, 4.69) is 9.97 Å². The lowest BCUT2D eigenvalue weighted by Gasteiger charge is -2.21. The van der Waals surface area contributed by atoms with Gasteiger partial charge in [0, 0.05) is 5.92 Å². The number of hydrogen-bond acceptors (Lipinski definition) is 5. The molecule has 1 heterocycles. The van der Waals surface area contributed by atoms with Crippen LogP contribution in [0.4, 0.5) is 5.82 Å². The number of nitrogens with one attached hydrogen (secondary N) is 1. The number of nitrogens with zero attached hydrogens (tertiary/aromatic N) is 1. The van der Waals surface area contributed by atoms with E-state index in [-0.39, 0.29) is 35.9 Å². The van der Waals surface area contributed by atoms with Crippen LogP contribution >= 0.6 is 0 Å². The summed E-state index contributed by atoms with van der Waals surface area (Å²) >= 11 is 0. The number of anilines is 1. The number of nitrogen functional groups attached to an aromatic ring is 1. The minimum absolute atomic E-state index is 0.132. The third kappa shape index (κ3) is 3.37. The Labute approximate surface area is 117 Å². The molecule has 1 aromatic rings. The van der Waals surface area contributed by atoms with Crippen LogP contribution in [0.15, 0.2) is 4.79 Å². The summed E-state index contributed by atoms with van der Waals surface area (Å²) in [6.07, 6.45) is 5.46. The Balaban J connectivity index is 2.20. The van der Waals surface area contributed by atoms with Crippen molar-refractivity contribution >= 4 is 11.8 Å². The number of carbonyl (C=O) groups excluding carboxylic acids is 1. The fourth-order valence-electron chi connectivity index (χ4n) is 2.63. The topological polar surface area (TPSA) is 98.1 Å². The number of carbonyl (C=O) groups is 1. The molecule has 3 N–H and O–H groups in total. The molecule has 0 atom stereocenters. The van der Waals surface area contributed by atoms with Gasteiger partial charge in [-0.05, 0) is 19.8 Å². The maximum Gasteiger partial charge on any atom is 0.310 e. The number of esters is 1. The molecule has 0 amide bonds. The van der Waals surface area contributed by atoms with Crippen LogP contribution in [0.5, 0.6) is 0 Å². The second kappa shape index (κ2) is 6.54. The van der Waals surface area contributed by atoms with E-state index in [4.69, 9.17) is 10.5 Å². The van der Waals surface area contributed by atoms with Crippen molar-refractivity contribution in [3.63, 3.8) is 0 Å². The molecule has 0 aliphatic heterocycles.